The van der Waals surface area contributed by atoms with Crippen LogP contribution in [0.5, 0.6) is 5.75 Å². The van der Waals surface area contributed by atoms with Gasteiger partial charge < -0.3 is 4.74 Å². The Kier molecular flexibility index (Phi) is 6.70. The van der Waals surface area contributed by atoms with E-state index in [4.69, 9.17) is 4.74 Å². The second-order valence-corrected chi connectivity index (χ2v) is 7.78. The van der Waals surface area contributed by atoms with Gasteiger partial charge in [0.15, 0.2) is 4.90 Å². The fourth-order valence-electron chi connectivity index (χ4n) is 2.46. The van der Waals surface area contributed by atoms with Crippen molar-refractivity contribution in [1.29, 1.82) is 0 Å². The molecule has 0 aliphatic rings. The van der Waals surface area contributed by atoms with E-state index in [1.54, 1.807) is 0 Å². The highest BCUT2D eigenvalue weighted by Gasteiger charge is 2.24. The molecule has 0 bridgehead atoms. The maximum Gasteiger partial charge on any atom is 0.289 e. The molecule has 0 unspecified atom stereocenters. The second-order valence-electron chi connectivity index (χ2n) is 6.04. The highest BCUT2D eigenvalue weighted by molar-refractivity contribution is 7.89. The number of sulfonamides is 1. The zero-order chi connectivity index (χ0) is 19.2. The van der Waals surface area contributed by atoms with E-state index in [0.29, 0.717) is 12.8 Å². The molecule has 2 aromatic carbocycles. The minimum atomic E-state index is -3.93. The van der Waals surface area contributed by atoms with Crippen LogP contribution in [0.1, 0.15) is 25.8 Å². The normalized spacial score (nSPS) is 11.5. The number of ether oxygens (including phenoxy) is 1. The molecule has 0 saturated carbocycles. The molecule has 7 nitrogen and oxygen atoms in total. The first-order valence-corrected chi connectivity index (χ1v) is 9.76. The van der Waals surface area contributed by atoms with Crippen molar-refractivity contribution >= 4 is 15.7 Å². The Labute approximate surface area is 153 Å². The first kappa shape index (κ1) is 19.9. The highest BCUT2D eigenvalue weighted by atomic mass is 32.2. The van der Waals surface area contributed by atoms with E-state index < -0.39 is 20.6 Å². The van der Waals surface area contributed by atoms with Crippen LogP contribution in [-0.2, 0) is 16.4 Å². The van der Waals surface area contributed by atoms with Crippen LogP contribution in [0.25, 0.3) is 0 Å². The average molecular weight is 378 g/mol. The average Bonchev–Trinajstić information content (AvgIpc) is 2.58. The van der Waals surface area contributed by atoms with Crippen molar-refractivity contribution < 1.29 is 18.1 Å². The lowest BCUT2D eigenvalue weighted by atomic mass is 10.1. The predicted octanol–water partition coefficient (Wildman–Crippen LogP) is 3.29. The van der Waals surface area contributed by atoms with Crippen molar-refractivity contribution in [3.8, 4) is 5.75 Å². The zero-order valence-electron chi connectivity index (χ0n) is 14.7. The van der Waals surface area contributed by atoms with Crippen LogP contribution in [0.3, 0.4) is 0 Å². The van der Waals surface area contributed by atoms with E-state index >= 15 is 0 Å². The molecule has 2 rings (SSSR count). The van der Waals surface area contributed by atoms with Gasteiger partial charge in [0.2, 0.25) is 10.0 Å². The molecule has 0 radical (unpaired) electrons. The topological polar surface area (TPSA) is 98.5 Å². The molecule has 0 aliphatic heterocycles. The van der Waals surface area contributed by atoms with Crippen molar-refractivity contribution in [1.82, 2.24) is 4.72 Å². The molecule has 0 spiro atoms. The smallest absolute Gasteiger partial charge is 0.289 e. The summed E-state index contributed by atoms with van der Waals surface area (Å²) in [4.78, 5) is 9.97. The predicted molar refractivity (Wildman–Crippen MR) is 98.8 cm³/mol. The van der Waals surface area contributed by atoms with Crippen molar-refractivity contribution in [2.24, 2.45) is 0 Å². The highest BCUT2D eigenvalue weighted by Crippen LogP contribution is 2.22. The first-order chi connectivity index (χ1) is 12.3. The summed E-state index contributed by atoms with van der Waals surface area (Å²) >= 11 is 0. The molecule has 2 aromatic rings. The van der Waals surface area contributed by atoms with Gasteiger partial charge in [0, 0.05) is 12.6 Å². The van der Waals surface area contributed by atoms with E-state index in [1.165, 1.54) is 24.3 Å². The Hall–Kier alpha value is -2.45. The Morgan fingerprint density at radius 2 is 1.88 bits per heavy atom. The monoisotopic (exact) mass is 378 g/mol. The van der Waals surface area contributed by atoms with Crippen LogP contribution < -0.4 is 9.46 Å². The van der Waals surface area contributed by atoms with Gasteiger partial charge in [-0.2, -0.15) is 0 Å². The number of nitrogens with zero attached hydrogens (tertiary/aromatic N) is 1. The number of benzene rings is 2. The SMILES string of the molecule is CC(C)Oc1cccc(CCCNS(=O)(=O)c2ccccc2[N+](=O)[O-])c1. The van der Waals surface area contributed by atoms with Crippen molar-refractivity contribution in [3.63, 3.8) is 0 Å². The fourth-order valence-corrected chi connectivity index (χ4v) is 3.70. The zero-order valence-corrected chi connectivity index (χ0v) is 15.5. The molecule has 140 valence electrons. The number of nitro groups is 1. The first-order valence-electron chi connectivity index (χ1n) is 8.28. The molecule has 0 fully saturated rings. The molecule has 26 heavy (non-hydrogen) atoms. The third-order valence-electron chi connectivity index (χ3n) is 3.56. The molecule has 0 amide bonds. The summed E-state index contributed by atoms with van der Waals surface area (Å²) in [5.74, 6) is 0.776. The van der Waals surface area contributed by atoms with Gasteiger partial charge in [-0.05, 0) is 50.5 Å². The Bertz CT molecular complexity index is 865. The quantitative estimate of drug-likeness (QED) is 0.410. The van der Waals surface area contributed by atoms with Gasteiger partial charge in [0.05, 0.1) is 11.0 Å². The molecule has 1 N–H and O–H groups in total. The molecule has 0 aliphatic carbocycles. The molecule has 0 saturated heterocycles. The summed E-state index contributed by atoms with van der Waals surface area (Å²) < 4.78 is 32.7. The van der Waals surface area contributed by atoms with E-state index in [-0.39, 0.29) is 17.5 Å². The van der Waals surface area contributed by atoms with E-state index in [1.807, 2.05) is 38.1 Å². The number of nitrogens with one attached hydrogen (secondary N) is 1. The molecule has 0 atom stereocenters. The van der Waals surface area contributed by atoms with Gasteiger partial charge in [0.25, 0.3) is 5.69 Å². The maximum absolute atomic E-state index is 12.3. The largest absolute Gasteiger partial charge is 0.491 e. The van der Waals surface area contributed by atoms with Gasteiger partial charge in [-0.1, -0.05) is 24.3 Å². The molecule has 0 aromatic heterocycles. The summed E-state index contributed by atoms with van der Waals surface area (Å²) in [7, 11) is -3.93. The lowest BCUT2D eigenvalue weighted by Crippen LogP contribution is -2.25. The summed E-state index contributed by atoms with van der Waals surface area (Å²) in [5, 5.41) is 11.0. The third kappa shape index (κ3) is 5.53. The van der Waals surface area contributed by atoms with E-state index in [2.05, 4.69) is 4.72 Å². The van der Waals surface area contributed by atoms with Crippen LogP contribution in [0, 0.1) is 10.1 Å². The van der Waals surface area contributed by atoms with E-state index in [9.17, 15) is 18.5 Å². The van der Waals surface area contributed by atoms with Crippen LogP contribution in [0.2, 0.25) is 0 Å². The second kappa shape index (κ2) is 8.77. The van der Waals surface area contributed by atoms with Gasteiger partial charge in [-0.25, -0.2) is 13.1 Å². The number of hydrogen-bond donors (Lipinski definition) is 1. The van der Waals surface area contributed by atoms with Crippen LogP contribution >= 0.6 is 0 Å². The number of rotatable bonds is 9. The van der Waals surface area contributed by atoms with Crippen molar-refractivity contribution in [2.75, 3.05) is 6.54 Å². The Morgan fingerprint density at radius 3 is 2.58 bits per heavy atom. The molecule has 0 heterocycles. The lowest BCUT2D eigenvalue weighted by molar-refractivity contribution is -0.387. The summed E-state index contributed by atoms with van der Waals surface area (Å²) in [6.45, 7) is 4.08. The van der Waals surface area contributed by atoms with Gasteiger partial charge >= 0.3 is 0 Å². The molecular formula is C18H22N2O5S. The summed E-state index contributed by atoms with van der Waals surface area (Å²) in [5.41, 5.74) is 0.603. The standard InChI is InChI=1S/C18H22N2O5S/c1-14(2)25-16-9-5-7-15(13-16)8-6-12-19-26(23,24)18-11-4-3-10-17(18)20(21)22/h3-5,7,9-11,13-14,19H,6,8,12H2,1-2H3. The molecule has 8 heteroatoms. The third-order valence-corrected chi connectivity index (χ3v) is 5.06. The van der Waals surface area contributed by atoms with Crippen LogP contribution in [-0.4, -0.2) is 26.0 Å². The lowest BCUT2D eigenvalue weighted by Gasteiger charge is -2.11. The number of hydrogen-bond acceptors (Lipinski definition) is 5. The van der Waals surface area contributed by atoms with Gasteiger partial charge in [-0.3, -0.25) is 10.1 Å². The molecular weight excluding hydrogens is 356 g/mol. The van der Waals surface area contributed by atoms with Gasteiger partial charge in [-0.15, -0.1) is 0 Å². The number of nitro benzene ring substituents is 1. The minimum Gasteiger partial charge on any atom is -0.491 e. The summed E-state index contributed by atoms with van der Waals surface area (Å²) in [6, 6.07) is 12.9. The maximum atomic E-state index is 12.3. The van der Waals surface area contributed by atoms with E-state index in [0.717, 1.165) is 11.3 Å². The fraction of sp³-hybridized carbons (Fsp3) is 0.333. The minimum absolute atomic E-state index is 0.0822. The number of para-hydroxylation sites is 1. The Balaban J connectivity index is 1.95. The summed E-state index contributed by atoms with van der Waals surface area (Å²) in [6.07, 6.45) is 1.30. The van der Waals surface area contributed by atoms with Crippen LogP contribution in [0.15, 0.2) is 53.4 Å². The van der Waals surface area contributed by atoms with Gasteiger partial charge in [0.1, 0.15) is 5.75 Å². The number of aryl methyl sites for hydroxylation is 1. The van der Waals surface area contributed by atoms with Crippen molar-refractivity contribution in [2.45, 2.75) is 37.7 Å². The van der Waals surface area contributed by atoms with Crippen molar-refractivity contribution in [3.05, 3.63) is 64.2 Å². The Morgan fingerprint density at radius 1 is 1.15 bits per heavy atom. The van der Waals surface area contributed by atoms with Crippen LogP contribution in [0.4, 0.5) is 5.69 Å².